The third-order valence-electron chi connectivity index (χ3n) is 6.05. The fraction of sp³-hybridized carbons (Fsp3) is 0.435. The summed E-state index contributed by atoms with van der Waals surface area (Å²) in [6.45, 7) is 7.82. The first-order chi connectivity index (χ1) is 15.2. The average molecular weight is 457 g/mol. The van der Waals surface area contributed by atoms with Gasteiger partial charge in [-0.1, -0.05) is 13.0 Å². The first kappa shape index (κ1) is 22.3. The van der Waals surface area contributed by atoms with Crippen LogP contribution in [0.15, 0.2) is 41.4 Å². The van der Waals surface area contributed by atoms with Gasteiger partial charge in [-0.15, -0.1) is 0 Å². The Hall–Kier alpha value is -2.94. The number of amides is 2. The second-order valence-corrected chi connectivity index (χ2v) is 10.6. The highest BCUT2D eigenvalue weighted by molar-refractivity contribution is 7.90. The zero-order valence-electron chi connectivity index (χ0n) is 18.5. The lowest BCUT2D eigenvalue weighted by atomic mass is 9.99. The summed E-state index contributed by atoms with van der Waals surface area (Å²) in [7, 11) is -3.95. The van der Waals surface area contributed by atoms with Crippen molar-refractivity contribution in [2.75, 3.05) is 18.0 Å². The minimum absolute atomic E-state index is 0.0992. The van der Waals surface area contributed by atoms with Crippen LogP contribution in [0.5, 0.6) is 0 Å². The lowest BCUT2D eigenvalue weighted by molar-refractivity contribution is 0.0845. The Kier molecular flexibility index (Phi) is 5.94. The first-order valence-electron chi connectivity index (χ1n) is 10.9. The van der Waals surface area contributed by atoms with Crippen molar-refractivity contribution in [3.05, 3.63) is 53.2 Å². The van der Waals surface area contributed by atoms with Gasteiger partial charge in [-0.2, -0.15) is 0 Å². The van der Waals surface area contributed by atoms with Gasteiger partial charge in [0, 0.05) is 37.4 Å². The fourth-order valence-corrected chi connectivity index (χ4v) is 5.92. The maximum atomic E-state index is 12.7. The number of piperidine rings is 1. The number of aromatic nitrogens is 1. The minimum Gasteiger partial charge on any atom is -0.357 e. The maximum Gasteiger partial charge on any atom is 0.269 e. The topological polar surface area (TPSA) is 99.7 Å². The number of carbonyl (C=O) groups is 2. The van der Waals surface area contributed by atoms with Crippen LogP contribution in [0, 0.1) is 5.92 Å². The molecule has 1 aromatic carbocycles. The Morgan fingerprint density at radius 3 is 2.53 bits per heavy atom. The molecule has 2 amide bonds. The number of hydrogen-bond donors (Lipinski definition) is 1. The molecule has 0 aliphatic carbocycles. The largest absolute Gasteiger partial charge is 0.357 e. The van der Waals surface area contributed by atoms with Crippen LogP contribution in [0.2, 0.25) is 0 Å². The Morgan fingerprint density at radius 2 is 1.91 bits per heavy atom. The maximum absolute atomic E-state index is 12.7. The van der Waals surface area contributed by atoms with E-state index >= 15 is 0 Å². The molecule has 1 saturated heterocycles. The molecular formula is C23H28N4O4S. The van der Waals surface area contributed by atoms with Gasteiger partial charge >= 0.3 is 0 Å². The summed E-state index contributed by atoms with van der Waals surface area (Å²) in [5.74, 6) is 0.723. The number of carbonyl (C=O) groups excluding carboxylic acids is 2. The molecule has 4 rings (SSSR count). The molecule has 1 N–H and O–H groups in total. The van der Waals surface area contributed by atoms with E-state index in [9.17, 15) is 18.0 Å². The Labute approximate surface area is 188 Å². The number of nitrogens with one attached hydrogen (secondary N) is 1. The number of benzene rings is 1. The molecule has 0 saturated carbocycles. The van der Waals surface area contributed by atoms with E-state index in [-0.39, 0.29) is 22.6 Å². The highest BCUT2D eigenvalue weighted by atomic mass is 32.2. The minimum atomic E-state index is -3.95. The quantitative estimate of drug-likeness (QED) is 0.743. The van der Waals surface area contributed by atoms with E-state index < -0.39 is 27.9 Å². The number of sulfonamides is 1. The molecule has 2 aliphatic heterocycles. The summed E-state index contributed by atoms with van der Waals surface area (Å²) >= 11 is 0. The van der Waals surface area contributed by atoms with Gasteiger partial charge in [0.05, 0.1) is 5.56 Å². The van der Waals surface area contributed by atoms with Crippen molar-refractivity contribution in [2.45, 2.75) is 51.1 Å². The monoisotopic (exact) mass is 456 g/mol. The van der Waals surface area contributed by atoms with Gasteiger partial charge in [-0.05, 0) is 62.4 Å². The number of hydrogen-bond acceptors (Lipinski definition) is 6. The third-order valence-corrected chi connectivity index (χ3v) is 8.05. The van der Waals surface area contributed by atoms with Crippen molar-refractivity contribution >= 4 is 27.7 Å². The average Bonchev–Trinajstić information content (AvgIpc) is 2.97. The summed E-state index contributed by atoms with van der Waals surface area (Å²) < 4.78 is 26.3. The van der Waals surface area contributed by atoms with Crippen molar-refractivity contribution in [3.63, 3.8) is 0 Å². The molecule has 8 nitrogen and oxygen atoms in total. The van der Waals surface area contributed by atoms with Crippen LogP contribution in [0.25, 0.3) is 0 Å². The molecule has 0 unspecified atom stereocenters. The molecule has 0 bridgehead atoms. The predicted molar refractivity (Wildman–Crippen MR) is 121 cm³/mol. The van der Waals surface area contributed by atoms with Gasteiger partial charge in [0.25, 0.3) is 21.8 Å². The van der Waals surface area contributed by atoms with Gasteiger partial charge in [0.2, 0.25) is 0 Å². The van der Waals surface area contributed by atoms with Crippen LogP contribution in [0.1, 0.15) is 59.9 Å². The van der Waals surface area contributed by atoms with Crippen molar-refractivity contribution in [2.24, 2.45) is 5.92 Å². The molecule has 2 aromatic rings. The van der Waals surface area contributed by atoms with E-state index in [0.717, 1.165) is 47.5 Å². The van der Waals surface area contributed by atoms with E-state index in [1.807, 2.05) is 12.1 Å². The van der Waals surface area contributed by atoms with E-state index in [4.69, 9.17) is 0 Å². The zero-order valence-corrected chi connectivity index (χ0v) is 19.4. The van der Waals surface area contributed by atoms with E-state index in [1.54, 1.807) is 20.0 Å². The standard InChI is InChI=1S/C23H28N4O4S/c1-15(2)27-23(29)19-6-5-18(12-20(19)32(27,30)31)22(28)25-14-17-4-7-21(24-13-17)26-10-8-16(3)9-11-26/h4-7,12-13,15-16H,8-11,14H2,1-3H3,(H,25,28). The Balaban J connectivity index is 1.42. The fourth-order valence-electron chi connectivity index (χ4n) is 4.13. The Morgan fingerprint density at radius 1 is 1.19 bits per heavy atom. The smallest absolute Gasteiger partial charge is 0.269 e. The molecule has 9 heteroatoms. The van der Waals surface area contributed by atoms with E-state index in [0.29, 0.717) is 0 Å². The van der Waals surface area contributed by atoms with E-state index in [1.165, 1.54) is 18.2 Å². The summed E-state index contributed by atoms with van der Waals surface area (Å²) in [6, 6.07) is 7.56. The van der Waals surface area contributed by atoms with Crippen molar-refractivity contribution < 1.29 is 18.0 Å². The van der Waals surface area contributed by atoms with Crippen LogP contribution in [0.3, 0.4) is 0 Å². The molecule has 3 heterocycles. The highest BCUT2D eigenvalue weighted by Crippen LogP contribution is 2.32. The molecule has 1 fully saturated rings. The lowest BCUT2D eigenvalue weighted by Crippen LogP contribution is -2.36. The van der Waals surface area contributed by atoms with Crippen LogP contribution >= 0.6 is 0 Å². The molecule has 1 aromatic heterocycles. The van der Waals surface area contributed by atoms with Crippen LogP contribution in [-0.2, 0) is 16.6 Å². The normalized spacial score (nSPS) is 18.2. The van der Waals surface area contributed by atoms with Crippen molar-refractivity contribution in [1.29, 1.82) is 0 Å². The van der Waals surface area contributed by atoms with Crippen LogP contribution in [0.4, 0.5) is 5.82 Å². The molecular weight excluding hydrogens is 428 g/mol. The van der Waals surface area contributed by atoms with Gasteiger partial charge in [0.15, 0.2) is 0 Å². The van der Waals surface area contributed by atoms with E-state index in [2.05, 4.69) is 22.1 Å². The molecule has 2 aliphatic rings. The van der Waals surface area contributed by atoms with Crippen LogP contribution < -0.4 is 10.2 Å². The van der Waals surface area contributed by atoms with Gasteiger partial charge in [-0.25, -0.2) is 17.7 Å². The predicted octanol–water partition coefficient (Wildman–Crippen LogP) is 2.80. The second-order valence-electron chi connectivity index (χ2n) is 8.79. The number of nitrogens with zero attached hydrogens (tertiary/aromatic N) is 3. The van der Waals surface area contributed by atoms with Gasteiger partial charge in [0.1, 0.15) is 10.7 Å². The summed E-state index contributed by atoms with van der Waals surface area (Å²) in [4.78, 5) is 31.8. The van der Waals surface area contributed by atoms with Crippen molar-refractivity contribution in [3.8, 4) is 0 Å². The number of rotatable bonds is 5. The number of fused-ring (bicyclic) bond motifs is 1. The third kappa shape index (κ3) is 4.09. The number of pyridine rings is 1. The summed E-state index contributed by atoms with van der Waals surface area (Å²) in [6.07, 6.45) is 4.08. The first-order valence-corrected chi connectivity index (χ1v) is 12.3. The van der Waals surface area contributed by atoms with Gasteiger partial charge < -0.3 is 10.2 Å². The molecule has 0 spiro atoms. The zero-order chi connectivity index (χ0) is 23.0. The second kappa shape index (κ2) is 8.54. The van der Waals surface area contributed by atoms with Gasteiger partial charge in [-0.3, -0.25) is 9.59 Å². The Bertz CT molecular complexity index is 1140. The number of anilines is 1. The highest BCUT2D eigenvalue weighted by Gasteiger charge is 2.42. The molecule has 170 valence electrons. The van der Waals surface area contributed by atoms with Crippen LogP contribution in [-0.4, -0.2) is 48.7 Å². The molecule has 32 heavy (non-hydrogen) atoms. The summed E-state index contributed by atoms with van der Waals surface area (Å²) in [5.41, 5.74) is 1.14. The lowest BCUT2D eigenvalue weighted by Gasteiger charge is -2.31. The SMILES string of the molecule is CC1CCN(c2ccc(CNC(=O)c3ccc4c(c3)S(=O)(=O)N(C(C)C)C4=O)cn2)CC1. The van der Waals surface area contributed by atoms with Crippen molar-refractivity contribution in [1.82, 2.24) is 14.6 Å². The molecule has 0 radical (unpaired) electrons. The molecule has 0 atom stereocenters. The summed E-state index contributed by atoms with van der Waals surface area (Å²) in [5, 5.41) is 2.80.